The molecule has 2 rings (SSSR count). The summed E-state index contributed by atoms with van der Waals surface area (Å²) in [6, 6.07) is 8.60. The fourth-order valence-corrected chi connectivity index (χ4v) is 1.79. The highest BCUT2D eigenvalue weighted by Gasteiger charge is 2.11. The number of anilines is 1. The van der Waals surface area contributed by atoms with Crippen LogP contribution in [0.4, 0.5) is 5.69 Å². The molecule has 92 valence electrons. The second-order valence-electron chi connectivity index (χ2n) is 3.76. The quantitative estimate of drug-likeness (QED) is 0.847. The van der Waals surface area contributed by atoms with Crippen molar-refractivity contribution in [2.75, 3.05) is 5.32 Å². The van der Waals surface area contributed by atoms with Crippen LogP contribution in [0.25, 0.3) is 0 Å². The molecule has 1 amide bonds. The molecule has 0 bridgehead atoms. The Morgan fingerprint density at radius 2 is 2.00 bits per heavy atom. The van der Waals surface area contributed by atoms with Gasteiger partial charge >= 0.3 is 0 Å². The van der Waals surface area contributed by atoms with Crippen LogP contribution in [0.2, 0.25) is 10.2 Å². The van der Waals surface area contributed by atoms with Crippen molar-refractivity contribution in [3.63, 3.8) is 0 Å². The zero-order valence-corrected chi connectivity index (χ0v) is 11.1. The number of nitrogens with zero attached hydrogens (tertiary/aromatic N) is 1. The van der Waals surface area contributed by atoms with Crippen LogP contribution < -0.4 is 5.32 Å². The van der Waals surface area contributed by atoms with Crippen molar-refractivity contribution < 1.29 is 4.79 Å². The zero-order chi connectivity index (χ0) is 13.1. The molecule has 1 aromatic heterocycles. The predicted octanol–water partition coefficient (Wildman–Crippen LogP) is 3.95. The summed E-state index contributed by atoms with van der Waals surface area (Å²) >= 11 is 11.7. The lowest BCUT2D eigenvalue weighted by atomic mass is 10.1. The SMILES string of the molecule is Cc1cccc(C(=O)Nc2ccc(Cl)nc2)c1Cl. The smallest absolute Gasteiger partial charge is 0.257 e. The maximum absolute atomic E-state index is 12.0. The number of rotatable bonds is 2. The minimum absolute atomic E-state index is 0.271. The molecule has 0 spiro atoms. The number of carbonyl (C=O) groups excluding carboxylic acids is 1. The van der Waals surface area contributed by atoms with Gasteiger partial charge in [-0.3, -0.25) is 4.79 Å². The summed E-state index contributed by atoms with van der Waals surface area (Å²) in [4.78, 5) is 15.9. The molecule has 0 unspecified atom stereocenters. The molecular formula is C13H10Cl2N2O. The van der Waals surface area contributed by atoms with Crippen molar-refractivity contribution in [1.29, 1.82) is 0 Å². The van der Waals surface area contributed by atoms with Crippen molar-refractivity contribution in [1.82, 2.24) is 4.98 Å². The molecule has 0 aliphatic heterocycles. The lowest BCUT2D eigenvalue weighted by Crippen LogP contribution is -2.12. The summed E-state index contributed by atoms with van der Waals surface area (Å²) < 4.78 is 0. The van der Waals surface area contributed by atoms with Crippen molar-refractivity contribution in [3.05, 3.63) is 57.8 Å². The van der Waals surface area contributed by atoms with E-state index in [1.54, 1.807) is 24.3 Å². The minimum Gasteiger partial charge on any atom is -0.321 e. The van der Waals surface area contributed by atoms with Gasteiger partial charge in [-0.05, 0) is 30.7 Å². The molecule has 18 heavy (non-hydrogen) atoms. The molecule has 1 N–H and O–H groups in total. The van der Waals surface area contributed by atoms with Crippen LogP contribution in [0, 0.1) is 6.92 Å². The average Bonchev–Trinajstić information content (AvgIpc) is 2.35. The second-order valence-corrected chi connectivity index (χ2v) is 4.53. The van der Waals surface area contributed by atoms with Crippen LogP contribution in [-0.4, -0.2) is 10.9 Å². The number of aromatic nitrogens is 1. The van der Waals surface area contributed by atoms with Crippen LogP contribution in [-0.2, 0) is 0 Å². The van der Waals surface area contributed by atoms with Crippen molar-refractivity contribution in [2.24, 2.45) is 0 Å². The molecule has 5 heteroatoms. The van der Waals surface area contributed by atoms with E-state index in [4.69, 9.17) is 23.2 Å². The van der Waals surface area contributed by atoms with E-state index in [9.17, 15) is 4.79 Å². The Hall–Kier alpha value is -1.58. The van der Waals surface area contributed by atoms with Gasteiger partial charge in [0.15, 0.2) is 0 Å². The molecule has 0 atom stereocenters. The van der Waals surface area contributed by atoms with E-state index in [0.29, 0.717) is 21.4 Å². The number of hydrogen-bond acceptors (Lipinski definition) is 2. The molecule has 2 aromatic rings. The first kappa shape index (κ1) is 12.9. The highest BCUT2D eigenvalue weighted by atomic mass is 35.5. The van der Waals surface area contributed by atoms with E-state index < -0.39 is 0 Å². The number of pyridine rings is 1. The third-order valence-electron chi connectivity index (χ3n) is 2.42. The highest BCUT2D eigenvalue weighted by molar-refractivity contribution is 6.35. The molecule has 0 saturated carbocycles. The number of aryl methyl sites for hydroxylation is 1. The molecule has 0 radical (unpaired) electrons. The van der Waals surface area contributed by atoms with Gasteiger partial charge in [0, 0.05) is 0 Å². The van der Waals surface area contributed by atoms with Crippen molar-refractivity contribution in [2.45, 2.75) is 6.92 Å². The lowest BCUT2D eigenvalue weighted by molar-refractivity contribution is 0.102. The monoisotopic (exact) mass is 280 g/mol. The highest BCUT2D eigenvalue weighted by Crippen LogP contribution is 2.21. The Bertz CT molecular complexity index is 582. The van der Waals surface area contributed by atoms with E-state index in [0.717, 1.165) is 5.56 Å². The van der Waals surface area contributed by atoms with Crippen LogP contribution in [0.3, 0.4) is 0 Å². The van der Waals surface area contributed by atoms with E-state index >= 15 is 0 Å². The van der Waals surface area contributed by atoms with Gasteiger partial charge in [-0.25, -0.2) is 4.98 Å². The van der Waals surface area contributed by atoms with E-state index in [-0.39, 0.29) is 5.91 Å². The Labute approximate surface area is 115 Å². The maximum Gasteiger partial charge on any atom is 0.257 e. The fourth-order valence-electron chi connectivity index (χ4n) is 1.47. The second kappa shape index (κ2) is 5.38. The van der Waals surface area contributed by atoms with E-state index in [2.05, 4.69) is 10.3 Å². The van der Waals surface area contributed by atoms with Gasteiger partial charge in [-0.2, -0.15) is 0 Å². The fraction of sp³-hybridized carbons (Fsp3) is 0.0769. The maximum atomic E-state index is 12.0. The van der Waals surface area contributed by atoms with Gasteiger partial charge in [0.2, 0.25) is 0 Å². The number of benzene rings is 1. The molecule has 0 aliphatic carbocycles. The van der Waals surface area contributed by atoms with Gasteiger partial charge in [0.05, 0.1) is 22.5 Å². The number of amides is 1. The number of hydrogen-bond donors (Lipinski definition) is 1. The summed E-state index contributed by atoms with van der Waals surface area (Å²) in [7, 11) is 0. The molecule has 3 nitrogen and oxygen atoms in total. The largest absolute Gasteiger partial charge is 0.321 e. The van der Waals surface area contributed by atoms with Crippen LogP contribution >= 0.6 is 23.2 Å². The van der Waals surface area contributed by atoms with E-state index in [1.807, 2.05) is 13.0 Å². The standard InChI is InChI=1S/C13H10Cl2N2O/c1-8-3-2-4-10(12(8)15)13(18)17-9-5-6-11(14)16-7-9/h2-7H,1H3,(H,17,18). The van der Waals surface area contributed by atoms with Gasteiger partial charge in [0.1, 0.15) is 5.15 Å². The number of halogens is 2. The molecule has 1 aromatic carbocycles. The normalized spacial score (nSPS) is 10.2. The summed E-state index contributed by atoms with van der Waals surface area (Å²) in [5, 5.41) is 3.54. The van der Waals surface area contributed by atoms with Crippen molar-refractivity contribution in [3.8, 4) is 0 Å². The van der Waals surface area contributed by atoms with Gasteiger partial charge < -0.3 is 5.32 Å². The first-order chi connectivity index (χ1) is 8.58. The first-order valence-corrected chi connectivity index (χ1v) is 6.01. The Kier molecular flexibility index (Phi) is 3.84. The van der Waals surface area contributed by atoms with Gasteiger partial charge in [-0.15, -0.1) is 0 Å². The van der Waals surface area contributed by atoms with Gasteiger partial charge in [0.25, 0.3) is 5.91 Å². The molecule has 0 saturated heterocycles. The Morgan fingerprint density at radius 1 is 1.22 bits per heavy atom. The third-order valence-corrected chi connectivity index (χ3v) is 3.15. The van der Waals surface area contributed by atoms with Gasteiger partial charge in [-0.1, -0.05) is 35.3 Å². The number of carbonyl (C=O) groups is 1. The molecule has 1 heterocycles. The Morgan fingerprint density at radius 3 is 2.67 bits per heavy atom. The predicted molar refractivity (Wildman–Crippen MR) is 73.4 cm³/mol. The Balaban J connectivity index is 2.22. The zero-order valence-electron chi connectivity index (χ0n) is 9.58. The summed E-state index contributed by atoms with van der Waals surface area (Å²) in [6.45, 7) is 1.85. The van der Waals surface area contributed by atoms with Crippen LogP contribution in [0.1, 0.15) is 15.9 Å². The minimum atomic E-state index is -0.271. The molecular weight excluding hydrogens is 271 g/mol. The summed E-state index contributed by atoms with van der Waals surface area (Å²) in [6.07, 6.45) is 1.49. The first-order valence-electron chi connectivity index (χ1n) is 5.26. The van der Waals surface area contributed by atoms with Crippen LogP contribution in [0.15, 0.2) is 36.5 Å². The topological polar surface area (TPSA) is 42.0 Å². The molecule has 0 aliphatic rings. The average molecular weight is 281 g/mol. The number of nitrogens with one attached hydrogen (secondary N) is 1. The van der Waals surface area contributed by atoms with E-state index in [1.165, 1.54) is 6.20 Å². The summed E-state index contributed by atoms with van der Waals surface area (Å²) in [5.74, 6) is -0.271. The lowest BCUT2D eigenvalue weighted by Gasteiger charge is -2.07. The molecule has 0 fully saturated rings. The third kappa shape index (κ3) is 2.81. The summed E-state index contributed by atoms with van der Waals surface area (Å²) in [5.41, 5.74) is 1.87. The van der Waals surface area contributed by atoms with Crippen molar-refractivity contribution >= 4 is 34.8 Å². The van der Waals surface area contributed by atoms with Crippen LogP contribution in [0.5, 0.6) is 0 Å².